The van der Waals surface area contributed by atoms with Crippen LogP contribution in [0, 0.1) is 0 Å². The largest absolute Gasteiger partial charge is 0.489 e. The highest BCUT2D eigenvalue weighted by molar-refractivity contribution is 5.37. The van der Waals surface area contributed by atoms with E-state index in [9.17, 15) is 0 Å². The summed E-state index contributed by atoms with van der Waals surface area (Å²) in [6.45, 7) is 8.22. The molecule has 29 heavy (non-hydrogen) atoms. The van der Waals surface area contributed by atoms with Gasteiger partial charge in [-0.25, -0.2) is 0 Å². The van der Waals surface area contributed by atoms with Crippen LogP contribution >= 0.6 is 0 Å². The highest BCUT2D eigenvalue weighted by atomic mass is 16.5. The van der Waals surface area contributed by atoms with Gasteiger partial charge >= 0.3 is 0 Å². The Bertz CT molecular complexity index is 861. The Labute approximate surface area is 173 Å². The van der Waals surface area contributed by atoms with Crippen molar-refractivity contribution >= 4 is 0 Å². The molecule has 0 radical (unpaired) electrons. The van der Waals surface area contributed by atoms with Crippen molar-refractivity contribution in [1.82, 2.24) is 9.80 Å². The summed E-state index contributed by atoms with van der Waals surface area (Å²) in [6, 6.07) is 29.8. The Hall–Kier alpha value is -2.88. The topological polar surface area (TPSA) is 15.7 Å². The van der Waals surface area contributed by atoms with Gasteiger partial charge in [0.25, 0.3) is 0 Å². The van der Waals surface area contributed by atoms with Crippen LogP contribution in [0.4, 0.5) is 0 Å². The summed E-state index contributed by atoms with van der Waals surface area (Å²) in [5.74, 6) is 0.940. The van der Waals surface area contributed by atoms with Crippen LogP contribution in [-0.2, 0) is 13.1 Å². The van der Waals surface area contributed by atoms with Gasteiger partial charge in [0.05, 0.1) is 6.17 Å². The number of rotatable bonds is 8. The third-order valence-corrected chi connectivity index (χ3v) is 5.38. The van der Waals surface area contributed by atoms with Crippen LogP contribution in [-0.4, -0.2) is 29.5 Å². The minimum Gasteiger partial charge on any atom is -0.489 e. The molecule has 0 aromatic heterocycles. The predicted molar refractivity (Wildman–Crippen MR) is 119 cm³/mol. The third-order valence-electron chi connectivity index (χ3n) is 5.38. The van der Waals surface area contributed by atoms with Crippen molar-refractivity contribution in [2.75, 3.05) is 19.7 Å². The number of para-hydroxylation sites is 1. The van der Waals surface area contributed by atoms with E-state index in [2.05, 4.69) is 95.2 Å². The monoisotopic (exact) mass is 384 g/mol. The second-order valence-corrected chi connectivity index (χ2v) is 7.42. The van der Waals surface area contributed by atoms with Gasteiger partial charge < -0.3 is 4.74 Å². The minimum absolute atomic E-state index is 0.177. The van der Waals surface area contributed by atoms with Crippen LogP contribution in [0.2, 0.25) is 0 Å². The van der Waals surface area contributed by atoms with Gasteiger partial charge in [0.1, 0.15) is 12.4 Å². The molecule has 0 bridgehead atoms. The van der Waals surface area contributed by atoms with Crippen molar-refractivity contribution in [2.45, 2.75) is 19.3 Å². The molecule has 0 amide bonds. The van der Waals surface area contributed by atoms with Gasteiger partial charge in [-0.15, -0.1) is 0 Å². The first-order valence-corrected chi connectivity index (χ1v) is 10.2. The van der Waals surface area contributed by atoms with Crippen molar-refractivity contribution in [2.24, 2.45) is 0 Å². The molecular weight excluding hydrogens is 356 g/mol. The van der Waals surface area contributed by atoms with Crippen LogP contribution in [0.3, 0.4) is 0 Å². The zero-order valence-electron chi connectivity index (χ0n) is 16.8. The maximum absolute atomic E-state index is 6.02. The van der Waals surface area contributed by atoms with E-state index in [0.29, 0.717) is 6.61 Å². The fraction of sp³-hybridized carbons (Fsp3) is 0.231. The molecule has 1 saturated heterocycles. The van der Waals surface area contributed by atoms with Crippen molar-refractivity contribution in [3.8, 4) is 5.75 Å². The molecule has 3 nitrogen and oxygen atoms in total. The van der Waals surface area contributed by atoms with Gasteiger partial charge in [0.15, 0.2) is 0 Å². The van der Waals surface area contributed by atoms with Crippen LogP contribution in [0.5, 0.6) is 5.75 Å². The quantitative estimate of drug-likeness (QED) is 0.492. The third kappa shape index (κ3) is 4.76. The van der Waals surface area contributed by atoms with Crippen LogP contribution in [0.1, 0.15) is 22.9 Å². The summed E-state index contributed by atoms with van der Waals surface area (Å²) in [7, 11) is 0. The van der Waals surface area contributed by atoms with E-state index in [1.165, 1.54) is 16.7 Å². The lowest BCUT2D eigenvalue weighted by atomic mass is 10.1. The van der Waals surface area contributed by atoms with Gasteiger partial charge in [0, 0.05) is 31.7 Å². The van der Waals surface area contributed by atoms with Crippen molar-refractivity contribution < 1.29 is 4.74 Å². The highest BCUT2D eigenvalue weighted by Crippen LogP contribution is 2.37. The first-order valence-electron chi connectivity index (χ1n) is 10.2. The number of hydrogen-bond acceptors (Lipinski definition) is 3. The van der Waals surface area contributed by atoms with E-state index in [0.717, 1.165) is 31.9 Å². The SMILES string of the molecule is C=CCOc1ccccc1C1N(Cc2ccccc2)CCN1Cc1ccccc1. The van der Waals surface area contributed by atoms with E-state index >= 15 is 0 Å². The average molecular weight is 385 g/mol. The molecule has 3 aromatic rings. The van der Waals surface area contributed by atoms with Crippen LogP contribution in [0.15, 0.2) is 97.6 Å². The standard InChI is InChI=1S/C26H28N2O/c1-2-19-29-25-16-10-9-15-24(25)26-27(20-22-11-5-3-6-12-22)17-18-28(26)21-23-13-7-4-8-14-23/h2-16,26H,1,17-21H2. The molecule has 3 heteroatoms. The zero-order chi connectivity index (χ0) is 19.9. The van der Waals surface area contributed by atoms with E-state index in [1.54, 1.807) is 6.08 Å². The van der Waals surface area contributed by atoms with Gasteiger partial charge in [-0.2, -0.15) is 0 Å². The number of nitrogens with zero attached hydrogens (tertiary/aromatic N) is 2. The maximum atomic E-state index is 6.02. The maximum Gasteiger partial charge on any atom is 0.125 e. The Morgan fingerprint density at radius 3 is 1.83 bits per heavy atom. The number of ether oxygens (including phenoxy) is 1. The summed E-state index contributed by atoms with van der Waals surface area (Å²) in [5, 5.41) is 0. The van der Waals surface area contributed by atoms with Crippen molar-refractivity contribution in [3.05, 3.63) is 114 Å². The Balaban J connectivity index is 1.65. The number of hydrogen-bond donors (Lipinski definition) is 0. The smallest absolute Gasteiger partial charge is 0.125 e. The molecule has 0 aliphatic carbocycles. The second kappa shape index (κ2) is 9.55. The molecule has 1 aliphatic rings. The van der Waals surface area contributed by atoms with Crippen LogP contribution in [0.25, 0.3) is 0 Å². The van der Waals surface area contributed by atoms with E-state index in [1.807, 2.05) is 6.07 Å². The Morgan fingerprint density at radius 2 is 1.28 bits per heavy atom. The van der Waals surface area contributed by atoms with Gasteiger partial charge in [-0.3, -0.25) is 9.80 Å². The Morgan fingerprint density at radius 1 is 0.759 bits per heavy atom. The fourth-order valence-corrected chi connectivity index (χ4v) is 4.07. The fourth-order valence-electron chi connectivity index (χ4n) is 4.07. The van der Waals surface area contributed by atoms with Gasteiger partial charge in [-0.05, 0) is 17.2 Å². The van der Waals surface area contributed by atoms with Crippen molar-refractivity contribution in [3.63, 3.8) is 0 Å². The van der Waals surface area contributed by atoms with E-state index in [4.69, 9.17) is 4.74 Å². The molecule has 1 fully saturated rings. The summed E-state index contributed by atoms with van der Waals surface area (Å²) in [5.41, 5.74) is 3.89. The van der Waals surface area contributed by atoms with Gasteiger partial charge in [0.2, 0.25) is 0 Å². The summed E-state index contributed by atoms with van der Waals surface area (Å²) in [4.78, 5) is 5.10. The predicted octanol–water partition coefficient (Wildman–Crippen LogP) is 5.27. The molecule has 1 aliphatic heterocycles. The highest BCUT2D eigenvalue weighted by Gasteiger charge is 2.34. The number of benzene rings is 3. The average Bonchev–Trinajstić information content (AvgIpc) is 3.15. The molecule has 3 aromatic carbocycles. The molecule has 4 rings (SSSR count). The molecule has 0 unspecified atom stereocenters. The lowest BCUT2D eigenvalue weighted by Crippen LogP contribution is -2.31. The zero-order valence-corrected chi connectivity index (χ0v) is 16.8. The second-order valence-electron chi connectivity index (χ2n) is 7.42. The molecule has 0 saturated carbocycles. The Kier molecular flexibility index (Phi) is 6.40. The summed E-state index contributed by atoms with van der Waals surface area (Å²) in [6.07, 6.45) is 1.98. The van der Waals surface area contributed by atoms with E-state index < -0.39 is 0 Å². The molecule has 0 spiro atoms. The lowest BCUT2D eigenvalue weighted by Gasteiger charge is -2.32. The van der Waals surface area contributed by atoms with Crippen molar-refractivity contribution in [1.29, 1.82) is 0 Å². The van der Waals surface area contributed by atoms with Crippen LogP contribution < -0.4 is 4.74 Å². The summed E-state index contributed by atoms with van der Waals surface area (Å²) < 4.78 is 6.02. The van der Waals surface area contributed by atoms with Gasteiger partial charge in [-0.1, -0.05) is 91.5 Å². The van der Waals surface area contributed by atoms with E-state index in [-0.39, 0.29) is 6.17 Å². The normalized spacial score (nSPS) is 15.4. The molecule has 0 N–H and O–H groups in total. The lowest BCUT2D eigenvalue weighted by molar-refractivity contribution is 0.122. The summed E-state index contributed by atoms with van der Waals surface area (Å²) >= 11 is 0. The minimum atomic E-state index is 0.177. The first kappa shape index (κ1) is 19.4. The molecule has 148 valence electrons. The molecule has 1 heterocycles. The molecule has 0 atom stereocenters. The first-order chi connectivity index (χ1) is 14.3. The molecular formula is C26H28N2O.